The quantitative estimate of drug-likeness (QED) is 0.461. The molecule has 0 fully saturated rings. The lowest BCUT2D eigenvalue weighted by Gasteiger charge is -2.05. The van der Waals surface area contributed by atoms with Crippen molar-refractivity contribution in [3.05, 3.63) is 54.1 Å². The predicted octanol–water partition coefficient (Wildman–Crippen LogP) is 4.74. The number of nitrogens with one attached hydrogen (secondary N) is 1. The molecule has 0 spiro atoms. The molecule has 9 heteroatoms. The first-order valence-corrected chi connectivity index (χ1v) is 12.5. The van der Waals surface area contributed by atoms with Gasteiger partial charge in [0.25, 0.3) is 0 Å². The minimum Gasteiger partial charge on any atom is -0.403 e. The van der Waals surface area contributed by atoms with E-state index in [0.717, 1.165) is 16.0 Å². The van der Waals surface area contributed by atoms with Crippen LogP contribution in [0.4, 0.5) is 6.01 Å². The highest BCUT2D eigenvalue weighted by molar-refractivity contribution is 7.99. The smallest absolute Gasteiger partial charge is 0.322 e. The number of nitrogens with zero attached hydrogens (tertiary/aromatic N) is 2. The normalized spacial score (nSPS) is 11.6. The van der Waals surface area contributed by atoms with Crippen molar-refractivity contribution in [2.45, 2.75) is 48.7 Å². The molecule has 1 amide bonds. The summed E-state index contributed by atoms with van der Waals surface area (Å²) in [6, 6.07) is 14.4. The van der Waals surface area contributed by atoms with Crippen molar-refractivity contribution in [1.29, 1.82) is 0 Å². The summed E-state index contributed by atoms with van der Waals surface area (Å²) in [5, 5.41) is 10.8. The molecule has 0 aliphatic carbocycles. The number of sulfone groups is 1. The Morgan fingerprint density at radius 2 is 1.87 bits per heavy atom. The summed E-state index contributed by atoms with van der Waals surface area (Å²) < 4.78 is 30.3. The number of aryl methyl sites for hydroxylation is 1. The molecule has 2 aromatic carbocycles. The SMILES string of the molecule is Cc1ccc(S(=O)(=O)CCCC(=O)Nc2nnc(-c3cccc(SC(C)C)c3)o2)cc1. The lowest BCUT2D eigenvalue weighted by atomic mass is 10.2. The van der Waals surface area contributed by atoms with Crippen LogP contribution in [0.2, 0.25) is 0 Å². The summed E-state index contributed by atoms with van der Waals surface area (Å²) in [4.78, 5) is 13.5. The van der Waals surface area contributed by atoms with E-state index in [-0.39, 0.29) is 35.4 Å². The van der Waals surface area contributed by atoms with Gasteiger partial charge in [-0.2, -0.15) is 0 Å². The summed E-state index contributed by atoms with van der Waals surface area (Å²) in [6.45, 7) is 6.12. The molecule has 1 N–H and O–H groups in total. The van der Waals surface area contributed by atoms with E-state index in [1.807, 2.05) is 31.2 Å². The Morgan fingerprint density at radius 3 is 2.58 bits per heavy atom. The van der Waals surface area contributed by atoms with Gasteiger partial charge in [0.15, 0.2) is 9.84 Å². The van der Waals surface area contributed by atoms with Crippen molar-refractivity contribution < 1.29 is 17.6 Å². The molecule has 0 saturated carbocycles. The van der Waals surface area contributed by atoms with Crippen LogP contribution in [-0.2, 0) is 14.6 Å². The van der Waals surface area contributed by atoms with Gasteiger partial charge in [-0.3, -0.25) is 10.1 Å². The van der Waals surface area contributed by atoms with Gasteiger partial charge in [0.2, 0.25) is 11.8 Å². The highest BCUT2D eigenvalue weighted by atomic mass is 32.2. The highest BCUT2D eigenvalue weighted by Gasteiger charge is 2.16. The molecule has 1 aromatic heterocycles. The number of hydrogen-bond acceptors (Lipinski definition) is 7. The Labute approximate surface area is 186 Å². The van der Waals surface area contributed by atoms with Crippen LogP contribution in [0.15, 0.2) is 62.7 Å². The number of amides is 1. The molecule has 164 valence electrons. The van der Waals surface area contributed by atoms with Gasteiger partial charge in [0, 0.05) is 22.1 Å². The van der Waals surface area contributed by atoms with Crippen LogP contribution in [0.25, 0.3) is 11.5 Å². The number of hydrogen-bond donors (Lipinski definition) is 1. The molecule has 0 radical (unpaired) electrons. The summed E-state index contributed by atoms with van der Waals surface area (Å²) in [5.74, 6) is -0.180. The van der Waals surface area contributed by atoms with E-state index < -0.39 is 9.84 Å². The zero-order chi connectivity index (χ0) is 22.4. The second kappa shape index (κ2) is 10.1. The van der Waals surface area contributed by atoms with Gasteiger partial charge in [0.05, 0.1) is 10.6 Å². The minimum absolute atomic E-state index is 0.0108. The van der Waals surface area contributed by atoms with Crippen molar-refractivity contribution in [3.63, 3.8) is 0 Å². The number of anilines is 1. The zero-order valence-electron chi connectivity index (χ0n) is 17.7. The molecular formula is C22H25N3O4S2. The average Bonchev–Trinajstić information content (AvgIpc) is 3.16. The van der Waals surface area contributed by atoms with E-state index in [2.05, 4.69) is 29.4 Å². The third kappa shape index (κ3) is 6.67. The standard InChI is InChI=1S/C22H25N3O4S2/c1-15(2)30-18-7-4-6-17(14-18)21-24-25-22(29-21)23-20(26)8-5-13-31(27,28)19-11-9-16(3)10-12-19/h4,6-7,9-12,14-15H,5,8,13H2,1-3H3,(H,23,25,26). The van der Waals surface area contributed by atoms with Crippen LogP contribution >= 0.6 is 11.8 Å². The van der Waals surface area contributed by atoms with Crippen molar-refractivity contribution in [2.75, 3.05) is 11.1 Å². The van der Waals surface area contributed by atoms with Crippen LogP contribution in [0.5, 0.6) is 0 Å². The molecule has 0 bridgehead atoms. The maximum atomic E-state index is 12.4. The van der Waals surface area contributed by atoms with Gasteiger partial charge in [-0.05, 0) is 43.7 Å². The van der Waals surface area contributed by atoms with Gasteiger partial charge in [-0.25, -0.2) is 8.42 Å². The Morgan fingerprint density at radius 1 is 1.13 bits per heavy atom. The largest absolute Gasteiger partial charge is 0.403 e. The zero-order valence-corrected chi connectivity index (χ0v) is 19.3. The predicted molar refractivity (Wildman–Crippen MR) is 122 cm³/mol. The van der Waals surface area contributed by atoms with Crippen molar-refractivity contribution >= 4 is 33.5 Å². The second-order valence-corrected chi connectivity index (χ2v) is 11.1. The third-order valence-electron chi connectivity index (χ3n) is 4.32. The van der Waals surface area contributed by atoms with E-state index in [9.17, 15) is 13.2 Å². The lowest BCUT2D eigenvalue weighted by molar-refractivity contribution is -0.116. The monoisotopic (exact) mass is 459 g/mol. The van der Waals surface area contributed by atoms with Crippen LogP contribution in [0, 0.1) is 6.92 Å². The molecule has 3 aromatic rings. The highest BCUT2D eigenvalue weighted by Crippen LogP contribution is 2.28. The molecule has 0 unspecified atom stereocenters. The first-order chi connectivity index (χ1) is 14.7. The molecule has 1 heterocycles. The van der Waals surface area contributed by atoms with Crippen molar-refractivity contribution in [2.24, 2.45) is 0 Å². The average molecular weight is 460 g/mol. The van der Waals surface area contributed by atoms with Gasteiger partial charge in [-0.1, -0.05) is 42.7 Å². The Bertz CT molecular complexity index is 1140. The van der Waals surface area contributed by atoms with Gasteiger partial charge in [-0.15, -0.1) is 16.9 Å². The van der Waals surface area contributed by atoms with Gasteiger partial charge < -0.3 is 4.42 Å². The Hall–Kier alpha value is -2.65. The van der Waals surface area contributed by atoms with Gasteiger partial charge in [0.1, 0.15) is 0 Å². The lowest BCUT2D eigenvalue weighted by Crippen LogP contribution is -2.14. The van der Waals surface area contributed by atoms with Crippen LogP contribution in [0.3, 0.4) is 0 Å². The molecule has 7 nitrogen and oxygen atoms in total. The third-order valence-corrected chi connectivity index (χ3v) is 7.14. The first-order valence-electron chi connectivity index (χ1n) is 9.93. The molecule has 3 rings (SSSR count). The number of thioether (sulfide) groups is 1. The fourth-order valence-corrected chi connectivity index (χ4v) is 5.04. The maximum Gasteiger partial charge on any atom is 0.322 e. The van der Waals surface area contributed by atoms with E-state index in [0.29, 0.717) is 11.1 Å². The number of rotatable bonds is 9. The Balaban J connectivity index is 1.54. The topological polar surface area (TPSA) is 102 Å². The molecule has 0 saturated heterocycles. The van der Waals surface area contributed by atoms with Crippen molar-refractivity contribution in [1.82, 2.24) is 10.2 Å². The fourth-order valence-electron chi connectivity index (χ4n) is 2.83. The summed E-state index contributed by atoms with van der Waals surface area (Å²) in [7, 11) is -3.42. The number of carbonyl (C=O) groups is 1. The fraction of sp³-hybridized carbons (Fsp3) is 0.318. The summed E-state index contributed by atoms with van der Waals surface area (Å²) >= 11 is 1.73. The molecule has 31 heavy (non-hydrogen) atoms. The second-order valence-electron chi connectivity index (χ2n) is 7.39. The molecular weight excluding hydrogens is 434 g/mol. The van der Waals surface area contributed by atoms with Gasteiger partial charge >= 0.3 is 6.01 Å². The molecule has 0 atom stereocenters. The van der Waals surface area contributed by atoms with Crippen molar-refractivity contribution in [3.8, 4) is 11.5 Å². The maximum absolute atomic E-state index is 12.4. The van der Waals surface area contributed by atoms with E-state index in [1.54, 1.807) is 36.0 Å². The van der Waals surface area contributed by atoms with E-state index in [4.69, 9.17) is 4.42 Å². The number of carbonyl (C=O) groups excluding carboxylic acids is 1. The first kappa shape index (κ1) is 23.0. The number of benzene rings is 2. The van der Waals surface area contributed by atoms with E-state index >= 15 is 0 Å². The van der Waals surface area contributed by atoms with Crippen LogP contribution in [0.1, 0.15) is 32.3 Å². The minimum atomic E-state index is -3.42. The summed E-state index contributed by atoms with van der Waals surface area (Å²) in [6.07, 6.45) is 0.223. The Kier molecular flexibility index (Phi) is 7.50. The summed E-state index contributed by atoms with van der Waals surface area (Å²) in [5.41, 5.74) is 1.76. The number of aromatic nitrogens is 2. The van der Waals surface area contributed by atoms with Crippen LogP contribution in [-0.4, -0.2) is 35.5 Å². The molecule has 0 aliphatic rings. The molecule has 0 aliphatic heterocycles. The van der Waals surface area contributed by atoms with E-state index in [1.165, 1.54) is 0 Å². The van der Waals surface area contributed by atoms with Crippen LogP contribution < -0.4 is 5.32 Å².